The van der Waals surface area contributed by atoms with E-state index in [-0.39, 0.29) is 23.3 Å². The van der Waals surface area contributed by atoms with Gasteiger partial charge in [-0.15, -0.1) is 0 Å². The van der Waals surface area contributed by atoms with Crippen LogP contribution in [0.4, 0.5) is 5.69 Å². The molecule has 6 nitrogen and oxygen atoms in total. The van der Waals surface area contributed by atoms with Crippen molar-refractivity contribution in [1.82, 2.24) is 10.3 Å². The van der Waals surface area contributed by atoms with Gasteiger partial charge in [0.15, 0.2) is 5.69 Å². The molecule has 21 heavy (non-hydrogen) atoms. The maximum absolute atomic E-state index is 12.4. The van der Waals surface area contributed by atoms with Gasteiger partial charge in [-0.2, -0.15) is 0 Å². The number of para-hydroxylation sites is 1. The summed E-state index contributed by atoms with van der Waals surface area (Å²) in [5.74, 6) is -0.384. The molecule has 1 amide bonds. The van der Waals surface area contributed by atoms with Crippen LogP contribution >= 0.6 is 0 Å². The zero-order chi connectivity index (χ0) is 14.8. The van der Waals surface area contributed by atoms with Crippen molar-refractivity contribution in [3.63, 3.8) is 0 Å². The Morgan fingerprint density at radius 2 is 1.95 bits per heavy atom. The Kier molecular flexibility index (Phi) is 3.60. The molecule has 0 unspecified atom stereocenters. The van der Waals surface area contributed by atoms with Gasteiger partial charge in [-0.3, -0.25) is 14.9 Å². The highest BCUT2D eigenvalue weighted by molar-refractivity contribution is 6.05. The average Bonchev–Trinajstić information content (AvgIpc) is 2.88. The molecule has 1 saturated carbocycles. The predicted octanol–water partition coefficient (Wildman–Crippen LogP) is 3.14. The van der Waals surface area contributed by atoms with Gasteiger partial charge >= 0.3 is 5.69 Å². The summed E-state index contributed by atoms with van der Waals surface area (Å²) in [6.45, 7) is 0. The molecular formula is C15H17N3O3. The van der Waals surface area contributed by atoms with Crippen molar-refractivity contribution in [1.29, 1.82) is 0 Å². The molecule has 0 radical (unpaired) electrons. The summed E-state index contributed by atoms with van der Waals surface area (Å²) in [6.07, 6.45) is 5.28. The molecule has 0 saturated heterocycles. The van der Waals surface area contributed by atoms with Gasteiger partial charge in [0.05, 0.1) is 15.8 Å². The van der Waals surface area contributed by atoms with Crippen molar-refractivity contribution in [2.75, 3.05) is 0 Å². The number of H-pyrrole nitrogens is 1. The fraction of sp³-hybridized carbons (Fsp3) is 0.400. The van der Waals surface area contributed by atoms with Gasteiger partial charge in [-0.1, -0.05) is 31.4 Å². The summed E-state index contributed by atoms with van der Waals surface area (Å²) in [4.78, 5) is 26.0. The van der Waals surface area contributed by atoms with E-state index in [9.17, 15) is 14.9 Å². The molecule has 1 aliphatic rings. The maximum atomic E-state index is 12.4. The number of fused-ring (bicyclic) bond motifs is 1. The first-order valence-corrected chi connectivity index (χ1v) is 7.23. The zero-order valence-electron chi connectivity index (χ0n) is 11.6. The number of nitrogens with zero attached hydrogens (tertiary/aromatic N) is 1. The van der Waals surface area contributed by atoms with Crippen molar-refractivity contribution >= 4 is 22.5 Å². The van der Waals surface area contributed by atoms with Crippen LogP contribution in [0.15, 0.2) is 24.3 Å². The van der Waals surface area contributed by atoms with E-state index in [1.807, 2.05) is 0 Å². The Morgan fingerprint density at radius 3 is 2.67 bits per heavy atom. The van der Waals surface area contributed by atoms with E-state index >= 15 is 0 Å². The van der Waals surface area contributed by atoms with Crippen LogP contribution in [-0.2, 0) is 0 Å². The second-order valence-corrected chi connectivity index (χ2v) is 5.46. The molecule has 2 aromatic rings. The number of carbonyl (C=O) groups is 1. The third kappa shape index (κ3) is 2.61. The number of hydrogen-bond donors (Lipinski definition) is 2. The lowest BCUT2D eigenvalue weighted by Gasteiger charge is -2.22. The molecule has 1 aromatic carbocycles. The molecule has 3 rings (SSSR count). The standard InChI is InChI=1S/C15H17N3O3/c19-15(16-10-6-2-1-3-7-10)13-14(18(20)21)11-8-4-5-9-12(11)17-13/h4-5,8-10,17H,1-3,6-7H2,(H,16,19). The lowest BCUT2D eigenvalue weighted by Crippen LogP contribution is -2.36. The van der Waals surface area contributed by atoms with Gasteiger partial charge in [0.1, 0.15) is 0 Å². The molecule has 0 spiro atoms. The van der Waals surface area contributed by atoms with E-state index in [1.165, 1.54) is 6.42 Å². The number of aromatic nitrogens is 1. The summed E-state index contributed by atoms with van der Waals surface area (Å²) in [7, 11) is 0. The lowest BCUT2D eigenvalue weighted by atomic mass is 9.95. The fourth-order valence-electron chi connectivity index (χ4n) is 2.99. The molecule has 1 aromatic heterocycles. The molecule has 6 heteroatoms. The fourth-order valence-corrected chi connectivity index (χ4v) is 2.99. The van der Waals surface area contributed by atoms with Crippen LogP contribution in [0.1, 0.15) is 42.6 Å². The summed E-state index contributed by atoms with van der Waals surface area (Å²) >= 11 is 0. The van der Waals surface area contributed by atoms with Crippen LogP contribution < -0.4 is 5.32 Å². The van der Waals surface area contributed by atoms with Crippen molar-refractivity contribution in [3.8, 4) is 0 Å². The summed E-state index contributed by atoms with van der Waals surface area (Å²) in [5.41, 5.74) is 0.517. The first kappa shape index (κ1) is 13.6. The van der Waals surface area contributed by atoms with Gasteiger partial charge in [0, 0.05) is 6.04 Å². The van der Waals surface area contributed by atoms with E-state index < -0.39 is 4.92 Å². The monoisotopic (exact) mass is 287 g/mol. The number of nitro groups is 1. The summed E-state index contributed by atoms with van der Waals surface area (Å²) in [5, 5.41) is 14.7. The van der Waals surface area contributed by atoms with Crippen LogP contribution in [0.25, 0.3) is 10.9 Å². The Balaban J connectivity index is 1.93. The number of nitrogens with one attached hydrogen (secondary N) is 2. The van der Waals surface area contributed by atoms with Crippen molar-refractivity contribution in [2.24, 2.45) is 0 Å². The Labute approximate surface area is 121 Å². The normalized spacial score (nSPS) is 16.0. The topological polar surface area (TPSA) is 88.0 Å². The quantitative estimate of drug-likeness (QED) is 0.671. The first-order chi connectivity index (χ1) is 10.2. The zero-order valence-corrected chi connectivity index (χ0v) is 11.6. The van der Waals surface area contributed by atoms with Crippen LogP contribution in [0.5, 0.6) is 0 Å². The van der Waals surface area contributed by atoms with E-state index in [0.717, 1.165) is 25.7 Å². The minimum atomic E-state index is -0.491. The Hall–Kier alpha value is -2.37. The van der Waals surface area contributed by atoms with Crippen LogP contribution in [0.2, 0.25) is 0 Å². The highest BCUT2D eigenvalue weighted by Crippen LogP contribution is 2.30. The minimum absolute atomic E-state index is 0.0479. The second kappa shape index (κ2) is 5.55. The van der Waals surface area contributed by atoms with Gasteiger partial charge in [-0.05, 0) is 25.0 Å². The highest BCUT2D eigenvalue weighted by Gasteiger charge is 2.28. The predicted molar refractivity (Wildman–Crippen MR) is 79.3 cm³/mol. The number of amides is 1. The molecule has 2 N–H and O–H groups in total. The third-order valence-corrected chi connectivity index (χ3v) is 4.03. The number of hydrogen-bond acceptors (Lipinski definition) is 3. The highest BCUT2D eigenvalue weighted by atomic mass is 16.6. The number of rotatable bonds is 3. The molecular weight excluding hydrogens is 270 g/mol. The van der Waals surface area contributed by atoms with E-state index in [0.29, 0.717) is 10.9 Å². The molecule has 1 heterocycles. The largest absolute Gasteiger partial charge is 0.348 e. The SMILES string of the molecule is O=C(NC1CCCCC1)c1[nH]c2ccccc2c1[N+](=O)[O-]. The Morgan fingerprint density at radius 1 is 1.24 bits per heavy atom. The van der Waals surface area contributed by atoms with Gasteiger partial charge in [-0.25, -0.2) is 0 Å². The van der Waals surface area contributed by atoms with Crippen molar-refractivity contribution in [2.45, 2.75) is 38.1 Å². The first-order valence-electron chi connectivity index (χ1n) is 7.23. The average molecular weight is 287 g/mol. The van der Waals surface area contributed by atoms with Crippen molar-refractivity contribution < 1.29 is 9.72 Å². The molecule has 1 fully saturated rings. The van der Waals surface area contributed by atoms with Crippen LogP contribution in [0.3, 0.4) is 0 Å². The Bertz CT molecular complexity index is 687. The molecule has 0 bridgehead atoms. The van der Waals surface area contributed by atoms with Gasteiger partial charge in [0.2, 0.25) is 0 Å². The third-order valence-electron chi connectivity index (χ3n) is 4.03. The van der Waals surface area contributed by atoms with Gasteiger partial charge < -0.3 is 10.3 Å². The van der Waals surface area contributed by atoms with E-state index in [2.05, 4.69) is 10.3 Å². The smallest absolute Gasteiger partial charge is 0.307 e. The number of aromatic amines is 1. The molecule has 0 aliphatic heterocycles. The number of carbonyl (C=O) groups excluding carboxylic acids is 1. The van der Waals surface area contributed by atoms with E-state index in [1.54, 1.807) is 24.3 Å². The van der Waals surface area contributed by atoms with Crippen LogP contribution in [-0.4, -0.2) is 21.9 Å². The van der Waals surface area contributed by atoms with Crippen molar-refractivity contribution in [3.05, 3.63) is 40.1 Å². The maximum Gasteiger partial charge on any atom is 0.307 e. The van der Waals surface area contributed by atoms with Gasteiger partial charge in [0.25, 0.3) is 5.91 Å². The summed E-state index contributed by atoms with van der Waals surface area (Å²) in [6, 6.07) is 7.02. The number of benzene rings is 1. The minimum Gasteiger partial charge on any atom is -0.348 e. The second-order valence-electron chi connectivity index (χ2n) is 5.46. The summed E-state index contributed by atoms with van der Waals surface area (Å²) < 4.78 is 0. The van der Waals surface area contributed by atoms with E-state index in [4.69, 9.17) is 0 Å². The molecule has 110 valence electrons. The molecule has 1 aliphatic carbocycles. The lowest BCUT2D eigenvalue weighted by molar-refractivity contribution is -0.383. The van der Waals surface area contributed by atoms with Crippen LogP contribution in [0, 0.1) is 10.1 Å². The molecule has 0 atom stereocenters.